The third kappa shape index (κ3) is 2.20. The van der Waals surface area contributed by atoms with Crippen LogP contribution in [0.25, 0.3) is 11.0 Å². The quantitative estimate of drug-likeness (QED) is 0.838. The molecule has 0 bridgehead atoms. The van der Waals surface area contributed by atoms with E-state index >= 15 is 0 Å². The van der Waals surface area contributed by atoms with Gasteiger partial charge in [0.1, 0.15) is 6.54 Å². The maximum Gasteiger partial charge on any atom is 0.405 e. The molecule has 0 aliphatic heterocycles. The van der Waals surface area contributed by atoms with E-state index in [9.17, 15) is 13.2 Å². The van der Waals surface area contributed by atoms with Gasteiger partial charge in [-0.15, -0.1) is 0 Å². The van der Waals surface area contributed by atoms with Gasteiger partial charge in [0.25, 0.3) is 0 Å². The summed E-state index contributed by atoms with van der Waals surface area (Å²) in [5, 5.41) is 6.23. The third-order valence-corrected chi connectivity index (χ3v) is 1.83. The van der Waals surface area contributed by atoms with Crippen molar-refractivity contribution in [1.82, 2.24) is 5.16 Å². The topological polar surface area (TPSA) is 38.1 Å². The number of nitrogens with one attached hydrogen (secondary N) is 1. The highest BCUT2D eigenvalue weighted by atomic mass is 19.4. The van der Waals surface area contributed by atoms with Crippen molar-refractivity contribution in [3.63, 3.8) is 0 Å². The van der Waals surface area contributed by atoms with Gasteiger partial charge >= 0.3 is 6.18 Å². The number of para-hydroxylation sites is 1. The molecule has 0 saturated heterocycles. The number of fused-ring (bicyclic) bond motifs is 1. The minimum absolute atomic E-state index is 0.114. The van der Waals surface area contributed by atoms with Gasteiger partial charge in [0.2, 0.25) is 0 Å². The first-order valence-electron chi connectivity index (χ1n) is 4.21. The van der Waals surface area contributed by atoms with E-state index in [0.29, 0.717) is 11.0 Å². The van der Waals surface area contributed by atoms with Gasteiger partial charge in [-0.2, -0.15) is 13.2 Å². The number of hydrogen-bond donors (Lipinski definition) is 1. The summed E-state index contributed by atoms with van der Waals surface area (Å²) >= 11 is 0. The van der Waals surface area contributed by atoms with E-state index in [1.54, 1.807) is 24.3 Å². The molecule has 0 atom stereocenters. The first-order chi connectivity index (χ1) is 7.06. The number of nitrogens with zero attached hydrogens (tertiary/aromatic N) is 1. The Bertz CT molecular complexity index is 464. The number of rotatable bonds is 2. The number of aromatic nitrogens is 1. The molecule has 80 valence electrons. The monoisotopic (exact) mass is 216 g/mol. The van der Waals surface area contributed by atoms with Gasteiger partial charge in [0, 0.05) is 0 Å². The normalized spacial score (nSPS) is 11.9. The van der Waals surface area contributed by atoms with Crippen LogP contribution in [0.15, 0.2) is 28.8 Å². The first kappa shape index (κ1) is 9.82. The summed E-state index contributed by atoms with van der Waals surface area (Å²) in [7, 11) is 0. The summed E-state index contributed by atoms with van der Waals surface area (Å²) < 4.78 is 40.6. The van der Waals surface area contributed by atoms with Crippen molar-refractivity contribution in [3.8, 4) is 0 Å². The van der Waals surface area contributed by atoms with Crippen LogP contribution in [0.5, 0.6) is 0 Å². The van der Waals surface area contributed by atoms with E-state index < -0.39 is 12.7 Å². The average molecular weight is 216 g/mol. The first-order valence-corrected chi connectivity index (χ1v) is 4.21. The lowest BCUT2D eigenvalue weighted by Gasteiger charge is -2.06. The maximum atomic E-state index is 11.9. The zero-order valence-electron chi connectivity index (χ0n) is 7.51. The van der Waals surface area contributed by atoms with Crippen molar-refractivity contribution in [3.05, 3.63) is 24.3 Å². The number of alkyl halides is 3. The second-order valence-electron chi connectivity index (χ2n) is 3.00. The third-order valence-electron chi connectivity index (χ3n) is 1.83. The van der Waals surface area contributed by atoms with Crippen LogP contribution < -0.4 is 5.32 Å². The second-order valence-corrected chi connectivity index (χ2v) is 3.00. The molecule has 6 heteroatoms. The van der Waals surface area contributed by atoms with Gasteiger partial charge < -0.3 is 9.84 Å². The fourth-order valence-electron chi connectivity index (χ4n) is 1.20. The molecule has 0 saturated carbocycles. The molecular formula is C9H7F3N2O. The van der Waals surface area contributed by atoms with E-state index in [2.05, 4.69) is 10.5 Å². The van der Waals surface area contributed by atoms with Gasteiger partial charge in [-0.1, -0.05) is 17.3 Å². The Labute approximate surface area is 82.9 Å². The zero-order valence-corrected chi connectivity index (χ0v) is 7.51. The van der Waals surface area contributed by atoms with Gasteiger partial charge in [-0.05, 0) is 12.1 Å². The Balaban J connectivity index is 2.22. The van der Waals surface area contributed by atoms with E-state index in [1.807, 2.05) is 0 Å². The minimum Gasteiger partial charge on any atom is -0.358 e. The molecule has 2 aromatic rings. The predicted octanol–water partition coefficient (Wildman–Crippen LogP) is 2.80. The molecular weight excluding hydrogens is 209 g/mol. The van der Waals surface area contributed by atoms with E-state index in [-0.39, 0.29) is 5.82 Å². The van der Waals surface area contributed by atoms with Crippen molar-refractivity contribution in [1.29, 1.82) is 0 Å². The Morgan fingerprint density at radius 3 is 2.73 bits per heavy atom. The molecule has 0 aliphatic carbocycles. The van der Waals surface area contributed by atoms with Crippen LogP contribution in [0.4, 0.5) is 19.0 Å². The lowest BCUT2D eigenvalue weighted by Crippen LogP contribution is -2.21. The molecule has 0 unspecified atom stereocenters. The van der Waals surface area contributed by atoms with Crippen LogP contribution in [-0.4, -0.2) is 17.9 Å². The Kier molecular flexibility index (Phi) is 2.26. The molecule has 1 heterocycles. The number of hydrogen-bond acceptors (Lipinski definition) is 3. The fraction of sp³-hybridized carbons (Fsp3) is 0.222. The van der Waals surface area contributed by atoms with Crippen molar-refractivity contribution in [2.24, 2.45) is 0 Å². The summed E-state index contributed by atoms with van der Waals surface area (Å²) in [6.07, 6.45) is -4.26. The largest absolute Gasteiger partial charge is 0.405 e. The van der Waals surface area contributed by atoms with Crippen LogP contribution in [0.1, 0.15) is 0 Å². The Morgan fingerprint density at radius 2 is 2.00 bits per heavy atom. The Morgan fingerprint density at radius 1 is 1.27 bits per heavy atom. The SMILES string of the molecule is FC(F)(F)CNc1noc2ccccc12. The van der Waals surface area contributed by atoms with Crippen molar-refractivity contribution >= 4 is 16.8 Å². The molecule has 0 radical (unpaired) electrons. The van der Waals surface area contributed by atoms with Gasteiger partial charge in [-0.25, -0.2) is 0 Å². The van der Waals surface area contributed by atoms with Crippen LogP contribution >= 0.6 is 0 Å². The summed E-state index contributed by atoms with van der Waals surface area (Å²) in [5.41, 5.74) is 0.460. The van der Waals surface area contributed by atoms with Crippen LogP contribution in [0.2, 0.25) is 0 Å². The highest BCUT2D eigenvalue weighted by molar-refractivity contribution is 5.87. The maximum absolute atomic E-state index is 11.9. The number of halogens is 3. The molecule has 0 spiro atoms. The van der Waals surface area contributed by atoms with Gasteiger partial charge in [0.15, 0.2) is 11.4 Å². The molecule has 0 aliphatic rings. The molecule has 0 fully saturated rings. The molecule has 3 nitrogen and oxygen atoms in total. The predicted molar refractivity (Wildman–Crippen MR) is 48.6 cm³/mol. The summed E-state index contributed by atoms with van der Waals surface area (Å²) in [4.78, 5) is 0. The zero-order chi connectivity index (χ0) is 10.9. The Hall–Kier alpha value is -1.72. The van der Waals surface area contributed by atoms with Crippen LogP contribution in [0.3, 0.4) is 0 Å². The second kappa shape index (κ2) is 3.45. The summed E-state index contributed by atoms with van der Waals surface area (Å²) in [6.45, 7) is -1.12. The van der Waals surface area contributed by atoms with Crippen molar-refractivity contribution < 1.29 is 17.7 Å². The highest BCUT2D eigenvalue weighted by Gasteiger charge is 2.27. The molecule has 15 heavy (non-hydrogen) atoms. The number of anilines is 1. The molecule has 2 rings (SSSR count). The van der Waals surface area contributed by atoms with Crippen molar-refractivity contribution in [2.45, 2.75) is 6.18 Å². The lowest BCUT2D eigenvalue weighted by molar-refractivity contribution is -0.115. The highest BCUT2D eigenvalue weighted by Crippen LogP contribution is 2.23. The van der Waals surface area contributed by atoms with Crippen LogP contribution in [-0.2, 0) is 0 Å². The molecule has 1 aromatic heterocycles. The van der Waals surface area contributed by atoms with E-state index in [0.717, 1.165) is 0 Å². The van der Waals surface area contributed by atoms with Crippen LogP contribution in [0, 0.1) is 0 Å². The standard InChI is InChI=1S/C9H7F3N2O/c10-9(11,12)5-13-8-6-3-1-2-4-7(6)15-14-8/h1-4H,5H2,(H,13,14). The van der Waals surface area contributed by atoms with E-state index in [4.69, 9.17) is 4.52 Å². The van der Waals surface area contributed by atoms with E-state index in [1.165, 1.54) is 0 Å². The minimum atomic E-state index is -4.26. The molecule has 1 aromatic carbocycles. The van der Waals surface area contributed by atoms with Gasteiger partial charge in [0.05, 0.1) is 5.39 Å². The smallest absolute Gasteiger partial charge is 0.358 e. The summed E-state index contributed by atoms with van der Waals surface area (Å²) in [6, 6.07) is 6.71. The fourth-order valence-corrected chi connectivity index (χ4v) is 1.20. The average Bonchev–Trinajstić information content (AvgIpc) is 2.57. The van der Waals surface area contributed by atoms with Gasteiger partial charge in [-0.3, -0.25) is 0 Å². The molecule has 1 N–H and O–H groups in total. The summed E-state index contributed by atoms with van der Waals surface area (Å²) in [5.74, 6) is 0.114. The molecule has 0 amide bonds. The number of benzene rings is 1. The lowest BCUT2D eigenvalue weighted by atomic mass is 10.2. The van der Waals surface area contributed by atoms with Crippen molar-refractivity contribution in [2.75, 3.05) is 11.9 Å².